The Balaban J connectivity index is 1.87. The van der Waals surface area contributed by atoms with Gasteiger partial charge in [-0.25, -0.2) is 4.39 Å². The summed E-state index contributed by atoms with van der Waals surface area (Å²) in [5.74, 6) is 0.324. The van der Waals surface area contributed by atoms with Gasteiger partial charge in [-0.05, 0) is 42.5 Å². The van der Waals surface area contributed by atoms with E-state index in [4.69, 9.17) is 0 Å². The quantitative estimate of drug-likeness (QED) is 0.888. The number of piperidine rings is 1. The van der Waals surface area contributed by atoms with Crippen molar-refractivity contribution in [1.82, 2.24) is 10.6 Å². The lowest BCUT2D eigenvalue weighted by Gasteiger charge is -2.30. The number of carbonyl (C=O) groups is 1. The van der Waals surface area contributed by atoms with Crippen LogP contribution in [0.5, 0.6) is 0 Å². The van der Waals surface area contributed by atoms with Crippen molar-refractivity contribution in [3.8, 4) is 0 Å². The molecule has 0 aliphatic carbocycles. The zero-order valence-electron chi connectivity index (χ0n) is 12.2. The van der Waals surface area contributed by atoms with Crippen molar-refractivity contribution in [1.29, 1.82) is 0 Å². The summed E-state index contributed by atoms with van der Waals surface area (Å²) in [6.07, 6.45) is 1.48. The van der Waals surface area contributed by atoms with Crippen molar-refractivity contribution in [2.75, 3.05) is 13.1 Å². The van der Waals surface area contributed by atoms with Crippen molar-refractivity contribution in [3.63, 3.8) is 0 Å². The van der Waals surface area contributed by atoms with Crippen LogP contribution in [-0.4, -0.2) is 25.0 Å². The highest BCUT2D eigenvalue weighted by Crippen LogP contribution is 2.20. The fraction of sp³-hybridized carbons (Fsp3) is 0.562. The van der Waals surface area contributed by atoms with Gasteiger partial charge < -0.3 is 10.6 Å². The van der Waals surface area contributed by atoms with Gasteiger partial charge in [-0.3, -0.25) is 4.79 Å². The molecule has 1 aromatic carbocycles. The molecule has 3 nitrogen and oxygen atoms in total. The molecule has 1 aliphatic rings. The minimum atomic E-state index is -0.250. The molecule has 4 heteroatoms. The minimum Gasteiger partial charge on any atom is -0.352 e. The van der Waals surface area contributed by atoms with Gasteiger partial charge in [0.25, 0.3) is 0 Å². The molecule has 1 aliphatic heterocycles. The van der Waals surface area contributed by atoms with Gasteiger partial charge in [0.1, 0.15) is 5.82 Å². The average Bonchev–Trinajstić information content (AvgIpc) is 2.41. The van der Waals surface area contributed by atoms with Crippen LogP contribution in [0.1, 0.15) is 38.2 Å². The summed E-state index contributed by atoms with van der Waals surface area (Å²) in [4.78, 5) is 12.1. The molecular weight excluding hydrogens is 255 g/mol. The fourth-order valence-electron chi connectivity index (χ4n) is 2.66. The van der Waals surface area contributed by atoms with E-state index in [0.717, 1.165) is 25.1 Å². The van der Waals surface area contributed by atoms with Gasteiger partial charge in [0, 0.05) is 19.0 Å². The first-order valence-electron chi connectivity index (χ1n) is 7.32. The van der Waals surface area contributed by atoms with Gasteiger partial charge in [0.15, 0.2) is 0 Å². The maximum atomic E-state index is 13.2. The number of hydrogen-bond acceptors (Lipinski definition) is 2. The zero-order valence-corrected chi connectivity index (χ0v) is 12.2. The topological polar surface area (TPSA) is 41.1 Å². The lowest BCUT2D eigenvalue weighted by atomic mass is 9.93. The van der Waals surface area contributed by atoms with Crippen molar-refractivity contribution >= 4 is 5.91 Å². The van der Waals surface area contributed by atoms with E-state index in [1.54, 1.807) is 6.07 Å². The van der Waals surface area contributed by atoms with Crippen molar-refractivity contribution in [3.05, 3.63) is 35.6 Å². The highest BCUT2D eigenvalue weighted by molar-refractivity contribution is 5.77. The van der Waals surface area contributed by atoms with E-state index in [1.807, 2.05) is 13.0 Å². The van der Waals surface area contributed by atoms with E-state index in [9.17, 15) is 9.18 Å². The molecule has 0 aromatic heterocycles. The molecule has 1 amide bonds. The Morgan fingerprint density at radius 1 is 1.55 bits per heavy atom. The second-order valence-corrected chi connectivity index (χ2v) is 5.80. The first kappa shape index (κ1) is 15.0. The Bertz CT molecular complexity index is 464. The Hall–Kier alpha value is -1.42. The van der Waals surface area contributed by atoms with E-state index < -0.39 is 0 Å². The van der Waals surface area contributed by atoms with E-state index in [-0.39, 0.29) is 23.7 Å². The predicted molar refractivity (Wildman–Crippen MR) is 78.0 cm³/mol. The van der Waals surface area contributed by atoms with Gasteiger partial charge in [0.2, 0.25) is 5.91 Å². The van der Waals surface area contributed by atoms with E-state index in [0.29, 0.717) is 12.3 Å². The highest BCUT2D eigenvalue weighted by atomic mass is 19.1. The van der Waals surface area contributed by atoms with Crippen LogP contribution in [0.4, 0.5) is 4.39 Å². The number of amides is 1. The molecule has 0 radical (unpaired) electrons. The van der Waals surface area contributed by atoms with Crippen LogP contribution < -0.4 is 10.6 Å². The van der Waals surface area contributed by atoms with E-state index in [2.05, 4.69) is 17.6 Å². The summed E-state index contributed by atoms with van der Waals surface area (Å²) in [6, 6.07) is 6.68. The maximum Gasteiger partial charge on any atom is 0.220 e. The molecule has 0 spiro atoms. The lowest BCUT2D eigenvalue weighted by Crippen LogP contribution is -2.50. The first-order chi connectivity index (χ1) is 9.56. The van der Waals surface area contributed by atoms with Crippen LogP contribution in [0.15, 0.2) is 24.3 Å². The molecule has 3 atom stereocenters. The van der Waals surface area contributed by atoms with Crippen molar-refractivity contribution in [2.45, 2.75) is 38.6 Å². The molecule has 0 bridgehead atoms. The lowest BCUT2D eigenvalue weighted by molar-refractivity contribution is -0.122. The summed E-state index contributed by atoms with van der Waals surface area (Å²) < 4.78 is 13.2. The largest absolute Gasteiger partial charge is 0.352 e. The Morgan fingerprint density at radius 3 is 3.05 bits per heavy atom. The fourth-order valence-corrected chi connectivity index (χ4v) is 2.66. The van der Waals surface area contributed by atoms with Crippen molar-refractivity contribution < 1.29 is 9.18 Å². The summed E-state index contributed by atoms with van der Waals surface area (Å²) in [5, 5.41) is 6.39. The number of halogens is 1. The summed E-state index contributed by atoms with van der Waals surface area (Å²) >= 11 is 0. The molecule has 110 valence electrons. The second kappa shape index (κ2) is 6.84. The molecule has 20 heavy (non-hydrogen) atoms. The minimum absolute atomic E-state index is 0.0255. The number of benzene rings is 1. The van der Waals surface area contributed by atoms with E-state index in [1.165, 1.54) is 12.1 Å². The second-order valence-electron chi connectivity index (χ2n) is 5.80. The third-order valence-corrected chi connectivity index (χ3v) is 4.08. The maximum absolute atomic E-state index is 13.2. The molecule has 3 unspecified atom stereocenters. The average molecular weight is 278 g/mol. The molecule has 1 heterocycles. The van der Waals surface area contributed by atoms with Gasteiger partial charge >= 0.3 is 0 Å². The van der Waals surface area contributed by atoms with Crippen molar-refractivity contribution in [2.24, 2.45) is 5.92 Å². The summed E-state index contributed by atoms with van der Waals surface area (Å²) in [6.45, 7) is 5.98. The zero-order chi connectivity index (χ0) is 14.5. The molecular formula is C16H23FN2O. The molecule has 2 N–H and O–H groups in total. The van der Waals surface area contributed by atoms with Gasteiger partial charge in [-0.15, -0.1) is 0 Å². The van der Waals surface area contributed by atoms with Gasteiger partial charge in [0.05, 0.1) is 0 Å². The molecule has 1 aromatic rings. The number of rotatable bonds is 4. The normalized spacial score (nSPS) is 24.1. The number of carbonyl (C=O) groups excluding carboxylic acids is 1. The van der Waals surface area contributed by atoms with Crippen LogP contribution in [0.2, 0.25) is 0 Å². The molecule has 1 saturated heterocycles. The van der Waals surface area contributed by atoms with Crippen LogP contribution >= 0.6 is 0 Å². The summed E-state index contributed by atoms with van der Waals surface area (Å²) in [7, 11) is 0. The third-order valence-electron chi connectivity index (χ3n) is 4.08. The first-order valence-corrected chi connectivity index (χ1v) is 7.32. The third kappa shape index (κ3) is 4.04. The molecule has 2 rings (SSSR count). The standard InChI is InChI=1S/C16H23FN2O/c1-11-6-7-18-10-15(11)19-16(20)8-12(2)13-4-3-5-14(17)9-13/h3-5,9,11-12,15,18H,6-8,10H2,1-2H3,(H,19,20). The Morgan fingerprint density at radius 2 is 2.35 bits per heavy atom. The number of nitrogens with one attached hydrogen (secondary N) is 2. The Kier molecular flexibility index (Phi) is 5.12. The smallest absolute Gasteiger partial charge is 0.220 e. The van der Waals surface area contributed by atoms with Crippen LogP contribution in [0, 0.1) is 11.7 Å². The molecule has 1 fully saturated rings. The van der Waals surface area contributed by atoms with Crippen LogP contribution in [0.25, 0.3) is 0 Å². The summed E-state index contributed by atoms with van der Waals surface area (Å²) in [5.41, 5.74) is 0.870. The monoisotopic (exact) mass is 278 g/mol. The highest BCUT2D eigenvalue weighted by Gasteiger charge is 2.23. The van der Waals surface area contributed by atoms with Gasteiger partial charge in [-0.2, -0.15) is 0 Å². The predicted octanol–water partition coefficient (Wildman–Crippen LogP) is 2.43. The molecule has 0 saturated carbocycles. The SMILES string of the molecule is CC(CC(=O)NC1CNCCC1C)c1cccc(F)c1. The Labute approximate surface area is 120 Å². The van der Waals surface area contributed by atoms with Crippen LogP contribution in [-0.2, 0) is 4.79 Å². The van der Waals surface area contributed by atoms with Gasteiger partial charge in [-0.1, -0.05) is 26.0 Å². The van der Waals surface area contributed by atoms with E-state index >= 15 is 0 Å². The number of hydrogen-bond donors (Lipinski definition) is 2. The van der Waals surface area contributed by atoms with Crippen LogP contribution in [0.3, 0.4) is 0 Å².